The van der Waals surface area contributed by atoms with Crippen LogP contribution in [-0.4, -0.2) is 5.11 Å². The van der Waals surface area contributed by atoms with Crippen LogP contribution >= 0.6 is 0 Å². The second kappa shape index (κ2) is 3.60. The van der Waals surface area contributed by atoms with E-state index in [0.29, 0.717) is 16.7 Å². The van der Waals surface area contributed by atoms with Gasteiger partial charge in [0.25, 0.3) is 0 Å². The molecule has 13 heavy (non-hydrogen) atoms. The lowest BCUT2D eigenvalue weighted by molar-refractivity contribution is 0.470. The van der Waals surface area contributed by atoms with Crippen molar-refractivity contribution in [3.05, 3.63) is 28.8 Å². The summed E-state index contributed by atoms with van der Waals surface area (Å²) in [5.41, 5.74) is 1.68. The highest BCUT2D eigenvalue weighted by Crippen LogP contribution is 2.21. The zero-order valence-corrected chi connectivity index (χ0v) is 7.20. The first kappa shape index (κ1) is 9.09. The first-order valence-corrected chi connectivity index (χ1v) is 3.78. The molecule has 0 aliphatic carbocycles. The summed E-state index contributed by atoms with van der Waals surface area (Å²) in [6.07, 6.45) is 0.150. The largest absolute Gasteiger partial charge is 0.508 e. The fourth-order valence-electron chi connectivity index (χ4n) is 1.08. The van der Waals surface area contributed by atoms with Crippen LogP contribution in [0.3, 0.4) is 0 Å². The monoisotopic (exact) mass is 172 g/mol. The van der Waals surface area contributed by atoms with Crippen LogP contribution in [0.4, 0.5) is 0 Å². The molecule has 0 heterocycles. The van der Waals surface area contributed by atoms with Crippen LogP contribution in [0.25, 0.3) is 0 Å². The van der Waals surface area contributed by atoms with Gasteiger partial charge in [-0.25, -0.2) is 0 Å². The third-order valence-corrected chi connectivity index (χ3v) is 1.81. The van der Waals surface area contributed by atoms with Gasteiger partial charge in [0.2, 0.25) is 0 Å². The number of aromatic hydroxyl groups is 1. The van der Waals surface area contributed by atoms with Crippen LogP contribution in [0.1, 0.15) is 16.7 Å². The molecule has 0 unspecified atom stereocenters. The van der Waals surface area contributed by atoms with E-state index < -0.39 is 0 Å². The molecule has 1 aromatic carbocycles. The summed E-state index contributed by atoms with van der Waals surface area (Å²) in [7, 11) is 0. The van der Waals surface area contributed by atoms with Crippen molar-refractivity contribution < 1.29 is 5.11 Å². The standard InChI is InChI=1S/C10H8N2O/c1-7-4-9(6-12)8(2-3-11)5-10(7)13/h4-5,13H,2H2,1H3. The average Bonchev–Trinajstić information content (AvgIpc) is 2.11. The van der Waals surface area contributed by atoms with E-state index in [9.17, 15) is 5.11 Å². The summed E-state index contributed by atoms with van der Waals surface area (Å²) in [4.78, 5) is 0. The number of hydrogen-bond acceptors (Lipinski definition) is 3. The Morgan fingerprint density at radius 1 is 1.38 bits per heavy atom. The van der Waals surface area contributed by atoms with E-state index in [1.165, 1.54) is 6.07 Å². The average molecular weight is 172 g/mol. The number of hydrogen-bond donors (Lipinski definition) is 1. The predicted octanol–water partition coefficient (Wildman–Crippen LogP) is 1.64. The van der Waals surface area contributed by atoms with Crippen LogP contribution in [0, 0.1) is 29.6 Å². The second-order valence-electron chi connectivity index (χ2n) is 2.74. The van der Waals surface area contributed by atoms with Crippen molar-refractivity contribution in [1.82, 2.24) is 0 Å². The summed E-state index contributed by atoms with van der Waals surface area (Å²) in [6.45, 7) is 1.71. The zero-order valence-electron chi connectivity index (χ0n) is 7.20. The smallest absolute Gasteiger partial charge is 0.118 e. The Morgan fingerprint density at radius 2 is 2.08 bits per heavy atom. The molecule has 0 aliphatic rings. The van der Waals surface area contributed by atoms with Gasteiger partial charge in [-0.05, 0) is 30.2 Å². The third kappa shape index (κ3) is 1.77. The highest BCUT2D eigenvalue weighted by atomic mass is 16.3. The van der Waals surface area contributed by atoms with Gasteiger partial charge in [0.1, 0.15) is 5.75 Å². The molecule has 0 aliphatic heterocycles. The molecule has 3 nitrogen and oxygen atoms in total. The number of rotatable bonds is 1. The van der Waals surface area contributed by atoms with Crippen molar-refractivity contribution in [2.75, 3.05) is 0 Å². The summed E-state index contributed by atoms with van der Waals surface area (Å²) >= 11 is 0. The van der Waals surface area contributed by atoms with E-state index in [1.807, 2.05) is 12.1 Å². The number of aryl methyl sites for hydroxylation is 1. The molecule has 1 rings (SSSR count). The van der Waals surface area contributed by atoms with Gasteiger partial charge in [0, 0.05) is 0 Å². The van der Waals surface area contributed by atoms with Gasteiger partial charge in [-0.2, -0.15) is 10.5 Å². The first-order chi connectivity index (χ1) is 6.19. The Morgan fingerprint density at radius 3 is 2.62 bits per heavy atom. The van der Waals surface area contributed by atoms with E-state index in [1.54, 1.807) is 13.0 Å². The van der Waals surface area contributed by atoms with Crippen LogP contribution in [-0.2, 0) is 6.42 Å². The van der Waals surface area contributed by atoms with E-state index >= 15 is 0 Å². The van der Waals surface area contributed by atoms with E-state index in [0.717, 1.165) is 0 Å². The van der Waals surface area contributed by atoms with Crippen molar-refractivity contribution in [3.8, 4) is 17.9 Å². The van der Waals surface area contributed by atoms with Crippen molar-refractivity contribution in [2.24, 2.45) is 0 Å². The van der Waals surface area contributed by atoms with Crippen LogP contribution in [0.2, 0.25) is 0 Å². The van der Waals surface area contributed by atoms with Crippen molar-refractivity contribution in [1.29, 1.82) is 10.5 Å². The zero-order chi connectivity index (χ0) is 9.84. The highest BCUT2D eigenvalue weighted by Gasteiger charge is 2.05. The quantitative estimate of drug-likeness (QED) is 0.700. The minimum Gasteiger partial charge on any atom is -0.508 e. The maximum atomic E-state index is 9.33. The minimum absolute atomic E-state index is 0.129. The fourth-order valence-corrected chi connectivity index (χ4v) is 1.08. The molecule has 0 aromatic heterocycles. The van der Waals surface area contributed by atoms with E-state index in [2.05, 4.69) is 0 Å². The van der Waals surface area contributed by atoms with Gasteiger partial charge in [-0.3, -0.25) is 0 Å². The molecule has 64 valence electrons. The van der Waals surface area contributed by atoms with Crippen LogP contribution < -0.4 is 0 Å². The molecule has 0 amide bonds. The van der Waals surface area contributed by atoms with Crippen molar-refractivity contribution in [2.45, 2.75) is 13.3 Å². The van der Waals surface area contributed by atoms with Crippen LogP contribution in [0.5, 0.6) is 5.75 Å². The van der Waals surface area contributed by atoms with Crippen LogP contribution in [0.15, 0.2) is 12.1 Å². The van der Waals surface area contributed by atoms with Gasteiger partial charge >= 0.3 is 0 Å². The predicted molar refractivity (Wildman–Crippen MR) is 46.9 cm³/mol. The Balaban J connectivity index is 3.28. The maximum Gasteiger partial charge on any atom is 0.118 e. The van der Waals surface area contributed by atoms with Gasteiger partial charge < -0.3 is 5.11 Å². The summed E-state index contributed by atoms with van der Waals surface area (Å²) < 4.78 is 0. The molecule has 0 atom stereocenters. The Labute approximate surface area is 76.5 Å². The third-order valence-electron chi connectivity index (χ3n) is 1.81. The topological polar surface area (TPSA) is 67.8 Å². The molecule has 0 bridgehead atoms. The number of phenols is 1. The Bertz CT molecular complexity index is 410. The van der Waals surface area contributed by atoms with Gasteiger partial charge in [-0.15, -0.1) is 0 Å². The number of nitriles is 2. The lowest BCUT2D eigenvalue weighted by Crippen LogP contribution is -1.90. The minimum atomic E-state index is 0.129. The maximum absolute atomic E-state index is 9.33. The number of phenolic OH excluding ortho intramolecular Hbond substituents is 1. The first-order valence-electron chi connectivity index (χ1n) is 3.78. The van der Waals surface area contributed by atoms with Crippen molar-refractivity contribution in [3.63, 3.8) is 0 Å². The normalized spacial score (nSPS) is 8.85. The molecule has 1 aromatic rings. The van der Waals surface area contributed by atoms with E-state index in [4.69, 9.17) is 10.5 Å². The highest BCUT2D eigenvalue weighted by molar-refractivity contribution is 5.47. The molecule has 0 fully saturated rings. The lowest BCUT2D eigenvalue weighted by Gasteiger charge is -2.02. The molecular formula is C10H8N2O. The molecular weight excluding hydrogens is 164 g/mol. The molecule has 0 saturated carbocycles. The van der Waals surface area contributed by atoms with Gasteiger partial charge in [-0.1, -0.05) is 0 Å². The molecule has 0 spiro atoms. The summed E-state index contributed by atoms with van der Waals surface area (Å²) in [6, 6.07) is 6.98. The summed E-state index contributed by atoms with van der Waals surface area (Å²) in [5, 5.41) is 26.5. The lowest BCUT2D eigenvalue weighted by atomic mass is 10.0. The SMILES string of the molecule is Cc1cc(C#N)c(CC#N)cc1O. The number of nitrogens with zero attached hydrogens (tertiary/aromatic N) is 2. The molecule has 3 heteroatoms. The van der Waals surface area contributed by atoms with Gasteiger partial charge in [0.15, 0.2) is 0 Å². The van der Waals surface area contributed by atoms with Crippen molar-refractivity contribution >= 4 is 0 Å². The number of benzene rings is 1. The Hall–Kier alpha value is -2.00. The molecule has 1 N–H and O–H groups in total. The summed E-state index contributed by atoms with van der Waals surface area (Å²) in [5.74, 6) is 0.129. The molecule has 0 radical (unpaired) electrons. The van der Waals surface area contributed by atoms with E-state index in [-0.39, 0.29) is 12.2 Å². The van der Waals surface area contributed by atoms with Gasteiger partial charge in [0.05, 0.1) is 24.1 Å². The Kier molecular flexibility index (Phi) is 2.52. The second-order valence-corrected chi connectivity index (χ2v) is 2.74. The fraction of sp³-hybridized carbons (Fsp3) is 0.200. The molecule has 0 saturated heterocycles.